The molecule has 122 valence electrons. The molecular weight excluding hydrogens is 298 g/mol. The second kappa shape index (κ2) is 8.13. The van der Waals surface area contributed by atoms with Gasteiger partial charge in [-0.05, 0) is 35.7 Å². The topological polar surface area (TPSA) is 56.9 Å². The zero-order valence-corrected chi connectivity index (χ0v) is 13.4. The summed E-state index contributed by atoms with van der Waals surface area (Å²) in [7, 11) is 0. The summed E-state index contributed by atoms with van der Waals surface area (Å²) in [5.41, 5.74) is 3.07. The van der Waals surface area contributed by atoms with Gasteiger partial charge in [0.1, 0.15) is 0 Å². The second-order valence-corrected chi connectivity index (χ2v) is 5.70. The van der Waals surface area contributed by atoms with Crippen molar-refractivity contribution in [1.82, 2.24) is 10.3 Å². The molecule has 0 aliphatic rings. The van der Waals surface area contributed by atoms with Crippen LogP contribution in [0.2, 0.25) is 0 Å². The number of benzene rings is 2. The quantitative estimate of drug-likeness (QED) is 0.625. The molecule has 1 atom stereocenters. The molecule has 1 amide bonds. The number of para-hydroxylation sites is 1. The Kier molecular flexibility index (Phi) is 5.43. The molecule has 2 aromatic carbocycles. The lowest BCUT2D eigenvalue weighted by molar-refractivity contribution is -0.118. The van der Waals surface area contributed by atoms with E-state index < -0.39 is 0 Å². The molecule has 0 saturated heterocycles. The van der Waals surface area contributed by atoms with Gasteiger partial charge in [0, 0.05) is 24.6 Å². The lowest BCUT2D eigenvalue weighted by Crippen LogP contribution is -2.41. The summed E-state index contributed by atoms with van der Waals surface area (Å²) in [6.07, 6.45) is 4.46. The number of aromatic amines is 1. The van der Waals surface area contributed by atoms with Crippen LogP contribution in [0, 0.1) is 0 Å². The SMILES string of the molecule is O=C(Nc1ccccc1)C(Cc1ccccc1)NCc1cc[nH]c1. The predicted molar refractivity (Wildman–Crippen MR) is 96.6 cm³/mol. The number of rotatable bonds is 7. The molecule has 0 saturated carbocycles. The van der Waals surface area contributed by atoms with Crippen LogP contribution in [-0.2, 0) is 17.8 Å². The Morgan fingerprint density at radius 2 is 1.62 bits per heavy atom. The van der Waals surface area contributed by atoms with Gasteiger partial charge in [-0.15, -0.1) is 0 Å². The maximum atomic E-state index is 12.7. The van der Waals surface area contributed by atoms with Crippen molar-refractivity contribution in [2.24, 2.45) is 0 Å². The fraction of sp³-hybridized carbons (Fsp3) is 0.150. The van der Waals surface area contributed by atoms with Crippen LogP contribution in [0.15, 0.2) is 79.1 Å². The third kappa shape index (κ3) is 4.57. The number of aromatic nitrogens is 1. The van der Waals surface area contributed by atoms with Crippen LogP contribution in [0.3, 0.4) is 0 Å². The van der Waals surface area contributed by atoms with Crippen molar-refractivity contribution >= 4 is 11.6 Å². The lowest BCUT2D eigenvalue weighted by Gasteiger charge is -2.18. The maximum Gasteiger partial charge on any atom is 0.241 e. The van der Waals surface area contributed by atoms with Crippen LogP contribution in [0.25, 0.3) is 0 Å². The van der Waals surface area contributed by atoms with Crippen molar-refractivity contribution in [2.75, 3.05) is 5.32 Å². The summed E-state index contributed by atoms with van der Waals surface area (Å²) >= 11 is 0. The zero-order valence-electron chi connectivity index (χ0n) is 13.4. The number of carbonyl (C=O) groups excluding carboxylic acids is 1. The third-order valence-corrected chi connectivity index (χ3v) is 3.86. The predicted octanol–water partition coefficient (Wildman–Crippen LogP) is 3.35. The van der Waals surface area contributed by atoms with E-state index in [0.717, 1.165) is 16.8 Å². The fourth-order valence-corrected chi connectivity index (χ4v) is 2.57. The van der Waals surface area contributed by atoms with Crippen LogP contribution in [0.5, 0.6) is 0 Å². The summed E-state index contributed by atoms with van der Waals surface area (Å²) in [6, 6.07) is 21.3. The second-order valence-electron chi connectivity index (χ2n) is 5.70. The molecule has 1 heterocycles. The summed E-state index contributed by atoms with van der Waals surface area (Å²) < 4.78 is 0. The number of H-pyrrole nitrogens is 1. The molecule has 0 spiro atoms. The minimum absolute atomic E-state index is 0.0272. The van der Waals surface area contributed by atoms with Gasteiger partial charge >= 0.3 is 0 Å². The molecule has 1 unspecified atom stereocenters. The molecular formula is C20H21N3O. The Morgan fingerprint density at radius 3 is 2.29 bits per heavy atom. The first-order valence-electron chi connectivity index (χ1n) is 8.06. The average Bonchev–Trinajstić information content (AvgIpc) is 3.14. The maximum absolute atomic E-state index is 12.7. The molecule has 1 aromatic heterocycles. The van der Waals surface area contributed by atoms with Gasteiger partial charge in [-0.2, -0.15) is 0 Å². The molecule has 0 bridgehead atoms. The van der Waals surface area contributed by atoms with E-state index in [-0.39, 0.29) is 11.9 Å². The molecule has 0 aliphatic heterocycles. The molecule has 4 nitrogen and oxygen atoms in total. The van der Waals surface area contributed by atoms with E-state index in [1.807, 2.05) is 79.1 Å². The van der Waals surface area contributed by atoms with Crippen LogP contribution < -0.4 is 10.6 Å². The summed E-state index contributed by atoms with van der Waals surface area (Å²) in [5.74, 6) is -0.0272. The van der Waals surface area contributed by atoms with Crippen molar-refractivity contribution in [3.63, 3.8) is 0 Å². The van der Waals surface area contributed by atoms with Gasteiger partial charge in [0.05, 0.1) is 6.04 Å². The van der Waals surface area contributed by atoms with Crippen LogP contribution in [-0.4, -0.2) is 16.9 Å². The lowest BCUT2D eigenvalue weighted by atomic mass is 10.0. The van der Waals surface area contributed by atoms with Crippen molar-refractivity contribution in [3.8, 4) is 0 Å². The normalized spacial score (nSPS) is 11.8. The monoisotopic (exact) mass is 319 g/mol. The minimum atomic E-state index is -0.303. The summed E-state index contributed by atoms with van der Waals surface area (Å²) in [4.78, 5) is 15.7. The minimum Gasteiger partial charge on any atom is -0.367 e. The van der Waals surface area contributed by atoms with E-state index in [1.54, 1.807) is 0 Å². The number of amides is 1. The van der Waals surface area contributed by atoms with Gasteiger partial charge in [0.25, 0.3) is 0 Å². The first kappa shape index (κ1) is 16.0. The van der Waals surface area contributed by atoms with Gasteiger partial charge < -0.3 is 15.6 Å². The Hall–Kier alpha value is -2.85. The molecule has 24 heavy (non-hydrogen) atoms. The highest BCUT2D eigenvalue weighted by Crippen LogP contribution is 2.09. The number of hydrogen-bond donors (Lipinski definition) is 3. The fourth-order valence-electron chi connectivity index (χ4n) is 2.57. The summed E-state index contributed by atoms with van der Waals surface area (Å²) in [5, 5.41) is 6.34. The molecule has 3 aromatic rings. The Bertz CT molecular complexity index is 739. The van der Waals surface area contributed by atoms with Crippen molar-refractivity contribution in [3.05, 3.63) is 90.3 Å². The number of hydrogen-bond acceptors (Lipinski definition) is 2. The van der Waals surface area contributed by atoms with Gasteiger partial charge in [0.15, 0.2) is 0 Å². The molecule has 0 fully saturated rings. The Balaban J connectivity index is 1.69. The average molecular weight is 319 g/mol. The van der Waals surface area contributed by atoms with Crippen LogP contribution in [0.1, 0.15) is 11.1 Å². The van der Waals surface area contributed by atoms with Crippen LogP contribution in [0.4, 0.5) is 5.69 Å². The van der Waals surface area contributed by atoms with E-state index in [9.17, 15) is 4.79 Å². The molecule has 4 heteroatoms. The highest BCUT2D eigenvalue weighted by atomic mass is 16.2. The third-order valence-electron chi connectivity index (χ3n) is 3.86. The van der Waals surface area contributed by atoms with E-state index >= 15 is 0 Å². The van der Waals surface area contributed by atoms with E-state index in [0.29, 0.717) is 13.0 Å². The van der Waals surface area contributed by atoms with Crippen molar-refractivity contribution < 1.29 is 4.79 Å². The number of nitrogens with one attached hydrogen (secondary N) is 3. The van der Waals surface area contributed by atoms with Gasteiger partial charge in [-0.1, -0.05) is 48.5 Å². The van der Waals surface area contributed by atoms with E-state index in [1.165, 1.54) is 0 Å². The highest BCUT2D eigenvalue weighted by Gasteiger charge is 2.18. The summed E-state index contributed by atoms with van der Waals surface area (Å²) in [6.45, 7) is 0.642. The van der Waals surface area contributed by atoms with Crippen LogP contribution >= 0.6 is 0 Å². The highest BCUT2D eigenvalue weighted by molar-refractivity contribution is 5.95. The number of carbonyl (C=O) groups is 1. The molecule has 0 aliphatic carbocycles. The van der Waals surface area contributed by atoms with Crippen molar-refractivity contribution in [1.29, 1.82) is 0 Å². The zero-order chi connectivity index (χ0) is 16.6. The largest absolute Gasteiger partial charge is 0.367 e. The van der Waals surface area contributed by atoms with Gasteiger partial charge in [0.2, 0.25) is 5.91 Å². The first-order chi connectivity index (χ1) is 11.8. The smallest absolute Gasteiger partial charge is 0.241 e. The first-order valence-corrected chi connectivity index (χ1v) is 8.06. The molecule has 3 N–H and O–H groups in total. The standard InChI is InChI=1S/C20H21N3O/c24-20(23-18-9-5-2-6-10-18)19(13-16-7-3-1-4-8-16)22-15-17-11-12-21-14-17/h1-12,14,19,21-22H,13,15H2,(H,23,24). The van der Waals surface area contributed by atoms with E-state index in [2.05, 4.69) is 15.6 Å². The Morgan fingerprint density at radius 1 is 0.917 bits per heavy atom. The van der Waals surface area contributed by atoms with Crippen molar-refractivity contribution in [2.45, 2.75) is 19.0 Å². The van der Waals surface area contributed by atoms with Gasteiger partial charge in [-0.3, -0.25) is 4.79 Å². The number of anilines is 1. The molecule has 0 radical (unpaired) electrons. The van der Waals surface area contributed by atoms with Gasteiger partial charge in [-0.25, -0.2) is 0 Å². The Labute approximate surface area is 141 Å². The molecule has 3 rings (SSSR count). The van der Waals surface area contributed by atoms with E-state index in [4.69, 9.17) is 0 Å².